The Balaban J connectivity index is 2.77. The molecule has 0 radical (unpaired) electrons. The molecule has 1 aromatic rings. The van der Waals surface area contributed by atoms with Crippen LogP contribution in [0.15, 0.2) is 18.5 Å². The summed E-state index contributed by atoms with van der Waals surface area (Å²) in [6.45, 7) is 1.46. The molecule has 0 spiro atoms. The van der Waals surface area contributed by atoms with E-state index in [1.807, 2.05) is 0 Å². The van der Waals surface area contributed by atoms with E-state index in [0.717, 1.165) is 0 Å². The molecule has 0 amide bonds. The van der Waals surface area contributed by atoms with Gasteiger partial charge in [-0.1, -0.05) is 11.8 Å². The van der Waals surface area contributed by atoms with Gasteiger partial charge in [-0.15, -0.1) is 0 Å². The first kappa shape index (κ1) is 11.9. The van der Waals surface area contributed by atoms with E-state index < -0.39 is 0 Å². The van der Waals surface area contributed by atoms with Crippen molar-refractivity contribution in [2.45, 2.75) is 13.3 Å². The predicted octanol–water partition coefficient (Wildman–Crippen LogP) is 1.20. The lowest BCUT2D eigenvalue weighted by Gasteiger charge is -1.94. The summed E-state index contributed by atoms with van der Waals surface area (Å²) < 4.78 is 4.44. The molecule has 0 N–H and O–H groups in total. The van der Waals surface area contributed by atoms with Crippen LogP contribution >= 0.6 is 0 Å². The molecule has 4 heteroatoms. The first-order valence-corrected chi connectivity index (χ1v) is 4.65. The molecule has 1 rings (SSSR count). The topological polar surface area (TPSA) is 56.3 Å². The van der Waals surface area contributed by atoms with Crippen LogP contribution in [0.5, 0.6) is 0 Å². The fourth-order valence-corrected chi connectivity index (χ4v) is 0.991. The second-order valence-corrected chi connectivity index (χ2v) is 3.07. The Labute approximate surface area is 93.6 Å². The van der Waals surface area contributed by atoms with E-state index in [1.54, 1.807) is 6.07 Å². The molecule has 0 bridgehead atoms. The van der Waals surface area contributed by atoms with E-state index >= 15 is 0 Å². The maximum absolute atomic E-state index is 11.1. The van der Waals surface area contributed by atoms with Crippen LogP contribution in [0.1, 0.15) is 29.3 Å². The van der Waals surface area contributed by atoms with Crippen LogP contribution in [0, 0.1) is 11.8 Å². The summed E-state index contributed by atoms with van der Waals surface area (Å²) in [4.78, 5) is 25.7. The summed E-state index contributed by atoms with van der Waals surface area (Å²) >= 11 is 0. The lowest BCUT2D eigenvalue weighted by molar-refractivity contribution is -0.139. The number of methoxy groups -OCH3 is 1. The number of carbonyl (C=O) groups is 2. The van der Waals surface area contributed by atoms with Gasteiger partial charge in [-0.3, -0.25) is 14.6 Å². The zero-order valence-electron chi connectivity index (χ0n) is 9.11. The minimum absolute atomic E-state index is 0.0286. The summed E-state index contributed by atoms with van der Waals surface area (Å²) in [6.07, 6.45) is 3.05. The van der Waals surface area contributed by atoms with Gasteiger partial charge in [-0.05, 0) is 13.0 Å². The highest BCUT2D eigenvalue weighted by atomic mass is 16.5. The number of rotatable bonds is 2. The maximum atomic E-state index is 11.1. The summed E-state index contributed by atoms with van der Waals surface area (Å²) in [5.41, 5.74) is 1.11. The van der Waals surface area contributed by atoms with Crippen LogP contribution in [-0.4, -0.2) is 23.8 Å². The van der Waals surface area contributed by atoms with Crippen molar-refractivity contribution in [3.05, 3.63) is 29.6 Å². The summed E-state index contributed by atoms with van der Waals surface area (Å²) in [6, 6.07) is 1.64. The van der Waals surface area contributed by atoms with Gasteiger partial charge >= 0.3 is 5.97 Å². The van der Waals surface area contributed by atoms with E-state index in [1.165, 1.54) is 26.4 Å². The van der Waals surface area contributed by atoms with E-state index in [4.69, 9.17) is 0 Å². The van der Waals surface area contributed by atoms with Crippen molar-refractivity contribution in [3.63, 3.8) is 0 Å². The van der Waals surface area contributed by atoms with Gasteiger partial charge in [0.15, 0.2) is 5.78 Å². The van der Waals surface area contributed by atoms with Crippen LogP contribution in [-0.2, 0) is 9.53 Å². The number of nitrogens with zero attached hydrogens (tertiary/aromatic N) is 1. The quantitative estimate of drug-likeness (QED) is 0.424. The second-order valence-electron chi connectivity index (χ2n) is 3.07. The average molecular weight is 217 g/mol. The molecule has 1 aromatic heterocycles. The molecule has 0 aromatic carbocycles. The number of esters is 1. The molecule has 1 heterocycles. The number of pyridine rings is 1. The molecule has 0 saturated heterocycles. The van der Waals surface area contributed by atoms with Crippen molar-refractivity contribution < 1.29 is 14.3 Å². The van der Waals surface area contributed by atoms with Gasteiger partial charge in [0, 0.05) is 23.5 Å². The Morgan fingerprint density at radius 1 is 1.44 bits per heavy atom. The van der Waals surface area contributed by atoms with Gasteiger partial charge < -0.3 is 4.74 Å². The normalized spacial score (nSPS) is 8.88. The Hall–Kier alpha value is -2.15. The number of ether oxygens (including phenoxy) is 1. The highest BCUT2D eigenvalue weighted by Crippen LogP contribution is 2.02. The fourth-order valence-electron chi connectivity index (χ4n) is 0.991. The van der Waals surface area contributed by atoms with Crippen molar-refractivity contribution in [2.24, 2.45) is 0 Å². The summed E-state index contributed by atoms with van der Waals surface area (Å²) in [5.74, 6) is 4.93. The number of carbonyl (C=O) groups excluding carboxylic acids is 2. The van der Waals surface area contributed by atoms with Crippen molar-refractivity contribution in [1.29, 1.82) is 0 Å². The van der Waals surface area contributed by atoms with Crippen LogP contribution < -0.4 is 0 Å². The Bertz CT molecular complexity index is 469. The molecule has 0 saturated carbocycles. The molecule has 16 heavy (non-hydrogen) atoms. The highest BCUT2D eigenvalue weighted by Gasteiger charge is 1.99. The van der Waals surface area contributed by atoms with Gasteiger partial charge in [-0.2, -0.15) is 0 Å². The van der Waals surface area contributed by atoms with Gasteiger partial charge in [0.1, 0.15) is 6.42 Å². The zero-order chi connectivity index (χ0) is 12.0. The van der Waals surface area contributed by atoms with Crippen molar-refractivity contribution in [1.82, 2.24) is 4.98 Å². The minimum atomic E-state index is -0.386. The van der Waals surface area contributed by atoms with Crippen molar-refractivity contribution >= 4 is 11.8 Å². The zero-order valence-corrected chi connectivity index (χ0v) is 9.11. The van der Waals surface area contributed by atoms with Crippen LogP contribution in [0.4, 0.5) is 0 Å². The number of hydrogen-bond donors (Lipinski definition) is 0. The SMILES string of the molecule is COC(=O)CC#Cc1cncc(C(C)=O)c1. The van der Waals surface area contributed by atoms with Crippen LogP contribution in [0.3, 0.4) is 0 Å². The Morgan fingerprint density at radius 3 is 2.81 bits per heavy atom. The molecule has 0 aliphatic carbocycles. The third kappa shape index (κ3) is 3.54. The fraction of sp³-hybridized carbons (Fsp3) is 0.250. The predicted molar refractivity (Wildman–Crippen MR) is 57.8 cm³/mol. The van der Waals surface area contributed by atoms with Gasteiger partial charge in [0.25, 0.3) is 0 Å². The second kappa shape index (κ2) is 5.66. The standard InChI is InChI=1S/C12H11NO3/c1-9(14)11-6-10(7-13-8-11)4-3-5-12(15)16-2/h6-8H,5H2,1-2H3. The smallest absolute Gasteiger partial charge is 0.317 e. The monoisotopic (exact) mass is 217 g/mol. The first-order valence-electron chi connectivity index (χ1n) is 4.65. The molecule has 0 fully saturated rings. The lowest BCUT2D eigenvalue weighted by atomic mass is 10.1. The maximum Gasteiger partial charge on any atom is 0.317 e. The van der Waals surface area contributed by atoms with E-state index in [2.05, 4.69) is 21.6 Å². The van der Waals surface area contributed by atoms with E-state index in [-0.39, 0.29) is 18.2 Å². The number of aromatic nitrogens is 1. The molecular weight excluding hydrogens is 206 g/mol. The molecule has 4 nitrogen and oxygen atoms in total. The number of Topliss-reactive ketones (excluding diaryl/α,β-unsaturated/α-hetero) is 1. The molecule has 0 aliphatic rings. The van der Waals surface area contributed by atoms with Gasteiger partial charge in [-0.25, -0.2) is 0 Å². The molecular formula is C12H11NO3. The minimum Gasteiger partial charge on any atom is -0.468 e. The Kier molecular flexibility index (Phi) is 4.22. The first-order chi connectivity index (χ1) is 7.63. The molecule has 0 atom stereocenters. The van der Waals surface area contributed by atoms with E-state index in [0.29, 0.717) is 11.1 Å². The number of ketones is 1. The van der Waals surface area contributed by atoms with Crippen LogP contribution in [0.2, 0.25) is 0 Å². The molecule has 0 aliphatic heterocycles. The third-order valence-electron chi connectivity index (χ3n) is 1.84. The summed E-state index contributed by atoms with van der Waals surface area (Å²) in [5, 5.41) is 0. The molecule has 0 unspecified atom stereocenters. The molecule has 82 valence electrons. The van der Waals surface area contributed by atoms with E-state index in [9.17, 15) is 9.59 Å². The van der Waals surface area contributed by atoms with Crippen molar-refractivity contribution in [2.75, 3.05) is 7.11 Å². The third-order valence-corrected chi connectivity index (χ3v) is 1.84. The van der Waals surface area contributed by atoms with Gasteiger partial charge in [0.05, 0.1) is 7.11 Å². The highest BCUT2D eigenvalue weighted by molar-refractivity contribution is 5.94. The summed E-state index contributed by atoms with van der Waals surface area (Å²) in [7, 11) is 1.31. The largest absolute Gasteiger partial charge is 0.468 e. The van der Waals surface area contributed by atoms with Crippen LogP contribution in [0.25, 0.3) is 0 Å². The van der Waals surface area contributed by atoms with Gasteiger partial charge in [0.2, 0.25) is 0 Å². The average Bonchev–Trinajstić information content (AvgIpc) is 2.29. The lowest BCUT2D eigenvalue weighted by Crippen LogP contribution is -1.97. The van der Waals surface area contributed by atoms with Crippen molar-refractivity contribution in [3.8, 4) is 11.8 Å². The number of hydrogen-bond acceptors (Lipinski definition) is 4. The Morgan fingerprint density at radius 2 is 2.19 bits per heavy atom.